The van der Waals surface area contributed by atoms with E-state index in [1.165, 1.54) is 0 Å². The van der Waals surface area contributed by atoms with Gasteiger partial charge in [0.1, 0.15) is 6.04 Å². The molecule has 1 heterocycles. The van der Waals surface area contributed by atoms with Crippen LogP contribution in [0.2, 0.25) is 0 Å². The summed E-state index contributed by atoms with van der Waals surface area (Å²) in [6, 6.07) is 8.57. The van der Waals surface area contributed by atoms with Crippen LogP contribution in [0.15, 0.2) is 30.3 Å². The van der Waals surface area contributed by atoms with Crippen molar-refractivity contribution in [3.8, 4) is 0 Å². The maximum atomic E-state index is 11.0. The number of carboxylic acids is 1. The average Bonchev–Trinajstić information content (AvgIpc) is 2.74. The van der Waals surface area contributed by atoms with Gasteiger partial charge in [-0.05, 0) is 5.56 Å². The highest BCUT2D eigenvalue weighted by molar-refractivity contribution is 5.80. The van der Waals surface area contributed by atoms with E-state index in [0.717, 1.165) is 10.5 Å². The van der Waals surface area contributed by atoms with Gasteiger partial charge in [-0.3, -0.25) is 9.80 Å². The van der Waals surface area contributed by atoms with Gasteiger partial charge in [0.25, 0.3) is 0 Å². The zero-order valence-electron chi connectivity index (χ0n) is 9.69. The van der Waals surface area contributed by atoms with Crippen LogP contribution in [0.25, 0.3) is 0 Å². The van der Waals surface area contributed by atoms with E-state index >= 15 is 0 Å². The molecular formula is C12H14N2O4. The van der Waals surface area contributed by atoms with Crippen molar-refractivity contribution in [1.29, 1.82) is 0 Å². The van der Waals surface area contributed by atoms with Crippen LogP contribution >= 0.6 is 0 Å². The molecule has 96 valence electrons. The SMILES string of the molecule is O=C(O)C1CN(Cc2ccccc2)CN1C(=O)O. The molecule has 0 aliphatic carbocycles. The Labute approximate surface area is 104 Å². The van der Waals surface area contributed by atoms with Crippen LogP contribution in [0, 0.1) is 0 Å². The highest BCUT2D eigenvalue weighted by Gasteiger charge is 2.38. The molecule has 1 fully saturated rings. The highest BCUT2D eigenvalue weighted by Crippen LogP contribution is 2.16. The number of carbonyl (C=O) groups is 2. The van der Waals surface area contributed by atoms with Crippen LogP contribution in [0.4, 0.5) is 4.79 Å². The van der Waals surface area contributed by atoms with E-state index in [-0.39, 0.29) is 13.2 Å². The van der Waals surface area contributed by atoms with E-state index < -0.39 is 18.1 Å². The summed E-state index contributed by atoms with van der Waals surface area (Å²) in [6.07, 6.45) is -1.20. The summed E-state index contributed by atoms with van der Waals surface area (Å²) in [5, 5.41) is 17.9. The van der Waals surface area contributed by atoms with Crippen molar-refractivity contribution >= 4 is 12.1 Å². The fourth-order valence-corrected chi connectivity index (χ4v) is 2.08. The number of rotatable bonds is 3. The molecule has 18 heavy (non-hydrogen) atoms. The maximum Gasteiger partial charge on any atom is 0.409 e. The first-order valence-corrected chi connectivity index (χ1v) is 5.56. The minimum Gasteiger partial charge on any atom is -0.480 e. The number of nitrogens with zero attached hydrogens (tertiary/aromatic N) is 2. The topological polar surface area (TPSA) is 81.1 Å². The van der Waals surface area contributed by atoms with Crippen molar-refractivity contribution in [3.05, 3.63) is 35.9 Å². The third kappa shape index (κ3) is 2.60. The number of aliphatic carboxylic acids is 1. The van der Waals surface area contributed by atoms with Crippen LogP contribution in [0.5, 0.6) is 0 Å². The van der Waals surface area contributed by atoms with Crippen molar-refractivity contribution in [2.45, 2.75) is 12.6 Å². The van der Waals surface area contributed by atoms with Crippen molar-refractivity contribution in [1.82, 2.24) is 9.80 Å². The molecule has 1 amide bonds. The lowest BCUT2D eigenvalue weighted by atomic mass is 10.2. The first-order valence-electron chi connectivity index (χ1n) is 5.56. The lowest BCUT2D eigenvalue weighted by Gasteiger charge is -2.16. The Bertz CT molecular complexity index is 427. The Hall–Kier alpha value is -2.08. The third-order valence-corrected chi connectivity index (χ3v) is 2.94. The Morgan fingerprint density at radius 2 is 1.89 bits per heavy atom. The number of amides is 1. The van der Waals surface area contributed by atoms with E-state index in [1.807, 2.05) is 35.2 Å². The Morgan fingerprint density at radius 1 is 1.22 bits per heavy atom. The van der Waals surface area contributed by atoms with Crippen LogP contribution in [-0.2, 0) is 11.3 Å². The van der Waals surface area contributed by atoms with Gasteiger partial charge in [0.15, 0.2) is 0 Å². The number of benzene rings is 1. The molecule has 6 heteroatoms. The van der Waals surface area contributed by atoms with E-state index in [1.54, 1.807) is 0 Å². The number of hydrogen-bond acceptors (Lipinski definition) is 3. The summed E-state index contributed by atoms with van der Waals surface area (Å²) in [6.45, 7) is 0.895. The standard InChI is InChI=1S/C12H14N2O4/c15-11(16)10-7-13(8-14(10)12(17)18)6-9-4-2-1-3-5-9/h1-5,10H,6-8H2,(H,15,16)(H,17,18). The molecule has 0 bridgehead atoms. The van der Waals surface area contributed by atoms with Gasteiger partial charge in [0.2, 0.25) is 0 Å². The van der Waals surface area contributed by atoms with Crippen LogP contribution in [0.1, 0.15) is 5.56 Å². The minimum absolute atomic E-state index is 0.126. The summed E-state index contributed by atoms with van der Waals surface area (Å²) >= 11 is 0. The predicted molar refractivity (Wildman–Crippen MR) is 63.0 cm³/mol. The predicted octanol–water partition coefficient (Wildman–Crippen LogP) is 0.893. The first-order chi connectivity index (χ1) is 8.58. The zero-order chi connectivity index (χ0) is 13.1. The molecule has 2 N–H and O–H groups in total. The molecule has 1 aliphatic heterocycles. The van der Waals surface area contributed by atoms with Gasteiger partial charge < -0.3 is 10.2 Å². The van der Waals surface area contributed by atoms with Crippen LogP contribution in [-0.4, -0.2) is 51.3 Å². The Morgan fingerprint density at radius 3 is 2.39 bits per heavy atom. The van der Waals surface area contributed by atoms with E-state index in [0.29, 0.717) is 6.54 Å². The van der Waals surface area contributed by atoms with Gasteiger partial charge in [-0.25, -0.2) is 9.59 Å². The molecule has 0 spiro atoms. The smallest absolute Gasteiger partial charge is 0.409 e. The van der Waals surface area contributed by atoms with Crippen molar-refractivity contribution in [2.75, 3.05) is 13.2 Å². The van der Waals surface area contributed by atoms with E-state index in [4.69, 9.17) is 10.2 Å². The number of carboxylic acid groups (broad SMARTS) is 2. The molecular weight excluding hydrogens is 236 g/mol. The molecule has 1 saturated heterocycles. The monoisotopic (exact) mass is 250 g/mol. The van der Waals surface area contributed by atoms with Gasteiger partial charge in [-0.2, -0.15) is 0 Å². The summed E-state index contributed by atoms with van der Waals surface area (Å²) in [5.41, 5.74) is 1.04. The normalized spacial score (nSPS) is 20.0. The molecule has 1 aromatic rings. The fourth-order valence-electron chi connectivity index (χ4n) is 2.08. The third-order valence-electron chi connectivity index (χ3n) is 2.94. The second-order valence-electron chi connectivity index (χ2n) is 4.24. The van der Waals surface area contributed by atoms with Gasteiger partial charge in [-0.1, -0.05) is 30.3 Å². The largest absolute Gasteiger partial charge is 0.480 e. The van der Waals surface area contributed by atoms with Crippen molar-refractivity contribution < 1.29 is 19.8 Å². The van der Waals surface area contributed by atoms with Crippen LogP contribution < -0.4 is 0 Å². The minimum atomic E-state index is -1.20. The quantitative estimate of drug-likeness (QED) is 0.832. The van der Waals surface area contributed by atoms with Gasteiger partial charge in [-0.15, -0.1) is 0 Å². The molecule has 2 rings (SSSR count). The molecule has 0 saturated carbocycles. The van der Waals surface area contributed by atoms with E-state index in [2.05, 4.69) is 0 Å². The zero-order valence-corrected chi connectivity index (χ0v) is 9.69. The molecule has 1 aliphatic rings. The second kappa shape index (κ2) is 5.05. The molecule has 6 nitrogen and oxygen atoms in total. The summed E-state index contributed by atoms with van der Waals surface area (Å²) in [4.78, 5) is 24.7. The van der Waals surface area contributed by atoms with Gasteiger partial charge >= 0.3 is 12.1 Å². The number of hydrogen-bond donors (Lipinski definition) is 2. The molecule has 0 radical (unpaired) electrons. The Balaban J connectivity index is 2.05. The van der Waals surface area contributed by atoms with Crippen molar-refractivity contribution in [2.24, 2.45) is 0 Å². The molecule has 1 atom stereocenters. The van der Waals surface area contributed by atoms with Crippen molar-refractivity contribution in [3.63, 3.8) is 0 Å². The lowest BCUT2D eigenvalue weighted by Crippen LogP contribution is -2.40. The summed E-state index contributed by atoms with van der Waals surface area (Å²) < 4.78 is 0. The van der Waals surface area contributed by atoms with Gasteiger partial charge in [0, 0.05) is 13.1 Å². The first kappa shape index (κ1) is 12.4. The lowest BCUT2D eigenvalue weighted by molar-refractivity contribution is -0.141. The van der Waals surface area contributed by atoms with Gasteiger partial charge in [0.05, 0.1) is 6.67 Å². The molecule has 1 aromatic carbocycles. The Kier molecular flexibility index (Phi) is 3.47. The molecule has 1 unspecified atom stereocenters. The highest BCUT2D eigenvalue weighted by atomic mass is 16.4. The van der Waals surface area contributed by atoms with Crippen LogP contribution in [0.3, 0.4) is 0 Å². The summed E-state index contributed by atoms with van der Waals surface area (Å²) in [5.74, 6) is -1.10. The average molecular weight is 250 g/mol. The fraction of sp³-hybridized carbons (Fsp3) is 0.333. The molecule has 0 aromatic heterocycles. The summed E-state index contributed by atoms with van der Waals surface area (Å²) in [7, 11) is 0. The maximum absolute atomic E-state index is 11.0. The second-order valence-corrected chi connectivity index (χ2v) is 4.24. The van der Waals surface area contributed by atoms with E-state index in [9.17, 15) is 9.59 Å².